The number of carbonyl (C=O) groups excluding carboxylic acids is 1. The Hall–Kier alpha value is -3.83. The molecule has 0 amide bonds. The molecule has 0 aliphatic rings. The van der Waals surface area contributed by atoms with Gasteiger partial charge in [0.15, 0.2) is 17.7 Å². The minimum atomic E-state index is -1.05. The van der Waals surface area contributed by atoms with Gasteiger partial charge < -0.3 is 5.11 Å². The summed E-state index contributed by atoms with van der Waals surface area (Å²) in [5.74, 6) is -0.648. The third-order valence-corrected chi connectivity index (χ3v) is 10.2. The molecule has 0 saturated carbocycles. The molecule has 2 aromatic carbocycles. The van der Waals surface area contributed by atoms with Crippen molar-refractivity contribution >= 4 is 83.3 Å². The molecule has 0 aliphatic heterocycles. The summed E-state index contributed by atoms with van der Waals surface area (Å²) in [7, 11) is 0. The molecule has 4 heterocycles. The number of aliphatic hydroxyl groups excluding tert-OH is 1. The Bertz CT molecular complexity index is 2220. The van der Waals surface area contributed by atoms with Crippen LogP contribution in [-0.4, -0.2) is 50.5 Å². The number of nitrogens with zero attached hydrogens (tertiary/aromatic N) is 10. The number of benzene rings is 2. The van der Waals surface area contributed by atoms with Crippen LogP contribution in [0.1, 0.15) is 53.0 Å². The molecule has 256 valence electrons. The SMILES string of the molecule is CCn1ncc(C(O)c2cc(C#N)nn2-c2ccc(F)cc2I)c1Br.CCn1ncc(C=O)c1Br.N#Cc1ccn(-c2ccc(F)cc2I)n1. The van der Waals surface area contributed by atoms with E-state index in [1.807, 2.05) is 71.2 Å². The lowest BCUT2D eigenvalue weighted by Crippen LogP contribution is -2.10. The van der Waals surface area contributed by atoms with Gasteiger partial charge in [-0.15, -0.1) is 0 Å². The summed E-state index contributed by atoms with van der Waals surface area (Å²) in [6.07, 6.45) is 4.51. The Balaban J connectivity index is 0.000000189. The van der Waals surface area contributed by atoms with Gasteiger partial charge in [0.1, 0.15) is 39.1 Å². The van der Waals surface area contributed by atoms with Gasteiger partial charge in [0.2, 0.25) is 0 Å². The summed E-state index contributed by atoms with van der Waals surface area (Å²) < 4.78 is 35.4. The summed E-state index contributed by atoms with van der Waals surface area (Å²) >= 11 is 10.7. The maximum Gasteiger partial charge on any atom is 0.163 e. The van der Waals surface area contributed by atoms with Crippen LogP contribution in [0.15, 0.2) is 76.3 Å². The fraction of sp³-hybridized carbons (Fsp3) is 0.156. The highest BCUT2D eigenvalue weighted by atomic mass is 127. The molecule has 1 atom stereocenters. The van der Waals surface area contributed by atoms with E-state index in [4.69, 9.17) is 5.26 Å². The maximum absolute atomic E-state index is 13.4. The first-order chi connectivity index (χ1) is 23.9. The zero-order valence-corrected chi connectivity index (χ0v) is 33.5. The predicted molar refractivity (Wildman–Crippen MR) is 203 cm³/mol. The largest absolute Gasteiger partial charge is 0.382 e. The summed E-state index contributed by atoms with van der Waals surface area (Å²) in [6, 6.07) is 15.7. The van der Waals surface area contributed by atoms with Crippen LogP contribution in [0.2, 0.25) is 0 Å². The standard InChI is InChI=1S/C16H12BrFIN5O.C10H5FIN3.C6H7BrN2O/c1-2-23-16(17)11(8-21-23)15(25)14-6-10(7-20)22-24(14)13-4-3-9(18)5-12(13)19;11-7-1-2-10(9(12)5-7)15-4-3-8(6-13)14-15;1-2-9-6(7)5(4-10)3-8-9/h3-6,8,15,25H,2H2,1H3;1-5H;3-4H,2H2,1H3. The van der Waals surface area contributed by atoms with Crippen molar-refractivity contribution in [3.63, 3.8) is 0 Å². The van der Waals surface area contributed by atoms with E-state index < -0.39 is 6.10 Å². The first-order valence-corrected chi connectivity index (χ1v) is 18.1. The molecule has 0 spiro atoms. The fourth-order valence-corrected chi connectivity index (χ4v) is 6.94. The van der Waals surface area contributed by atoms with Crippen molar-refractivity contribution < 1.29 is 18.7 Å². The number of aldehydes is 1. The summed E-state index contributed by atoms with van der Waals surface area (Å²) in [4.78, 5) is 10.3. The summed E-state index contributed by atoms with van der Waals surface area (Å²) in [5.41, 5.74) is 3.40. The maximum atomic E-state index is 13.4. The molecule has 4 aromatic heterocycles. The van der Waals surface area contributed by atoms with Crippen LogP contribution in [0.4, 0.5) is 8.78 Å². The number of hydrogen-bond donors (Lipinski definition) is 1. The monoisotopic (exact) mass is 1030 g/mol. The molecule has 0 radical (unpaired) electrons. The van der Waals surface area contributed by atoms with Crippen LogP contribution in [0, 0.1) is 41.4 Å². The first kappa shape index (κ1) is 39.0. The smallest absolute Gasteiger partial charge is 0.163 e. The topological polar surface area (TPSA) is 156 Å². The van der Waals surface area contributed by atoms with Crippen LogP contribution in [0.3, 0.4) is 0 Å². The second-order valence-electron chi connectivity index (χ2n) is 9.86. The van der Waals surface area contributed by atoms with E-state index in [2.05, 4.69) is 52.3 Å². The van der Waals surface area contributed by atoms with Crippen molar-refractivity contribution in [1.82, 2.24) is 39.1 Å². The number of hydrogen-bond acceptors (Lipinski definition) is 8. The van der Waals surface area contributed by atoms with E-state index in [1.54, 1.807) is 50.8 Å². The van der Waals surface area contributed by atoms with E-state index in [9.17, 15) is 23.9 Å². The number of rotatable bonds is 7. The van der Waals surface area contributed by atoms with E-state index in [0.717, 1.165) is 26.7 Å². The van der Waals surface area contributed by atoms with Gasteiger partial charge in [-0.1, -0.05) is 0 Å². The third kappa shape index (κ3) is 9.09. The number of aliphatic hydroxyl groups is 1. The Morgan fingerprint density at radius 2 is 1.44 bits per heavy atom. The molecule has 1 unspecified atom stereocenters. The quantitative estimate of drug-likeness (QED) is 0.127. The molecule has 0 bridgehead atoms. The van der Waals surface area contributed by atoms with Crippen molar-refractivity contribution in [3.05, 3.63) is 123 Å². The van der Waals surface area contributed by atoms with Gasteiger partial charge >= 0.3 is 0 Å². The Morgan fingerprint density at radius 1 is 0.860 bits per heavy atom. The highest BCUT2D eigenvalue weighted by Crippen LogP contribution is 2.31. The van der Waals surface area contributed by atoms with Crippen molar-refractivity contribution in [3.8, 4) is 23.5 Å². The van der Waals surface area contributed by atoms with Crippen LogP contribution in [0.5, 0.6) is 0 Å². The van der Waals surface area contributed by atoms with E-state index in [1.165, 1.54) is 35.0 Å². The molecular formula is C32H24Br2F2I2N10O2. The normalized spacial score (nSPS) is 11.0. The second-order valence-corrected chi connectivity index (χ2v) is 13.7. The van der Waals surface area contributed by atoms with Gasteiger partial charge in [-0.2, -0.15) is 30.9 Å². The van der Waals surface area contributed by atoms with E-state index in [0.29, 0.717) is 42.9 Å². The predicted octanol–water partition coefficient (Wildman–Crippen LogP) is 7.51. The number of aromatic nitrogens is 8. The van der Waals surface area contributed by atoms with Gasteiger partial charge in [-0.05, 0) is 133 Å². The Labute approximate surface area is 328 Å². The van der Waals surface area contributed by atoms with Crippen molar-refractivity contribution in [2.45, 2.75) is 33.0 Å². The zero-order valence-electron chi connectivity index (χ0n) is 26.0. The van der Waals surface area contributed by atoms with Gasteiger partial charge in [0.05, 0.1) is 35.0 Å². The lowest BCUT2D eigenvalue weighted by molar-refractivity contribution is 0.112. The Morgan fingerprint density at radius 3 is 1.92 bits per heavy atom. The number of aryl methyl sites for hydroxylation is 2. The number of halogens is 6. The fourth-order valence-electron chi connectivity index (χ4n) is 4.31. The highest BCUT2D eigenvalue weighted by Gasteiger charge is 2.24. The molecule has 12 nitrogen and oxygen atoms in total. The Kier molecular flexibility index (Phi) is 13.9. The molecule has 6 rings (SSSR count). The van der Waals surface area contributed by atoms with Crippen LogP contribution in [-0.2, 0) is 13.1 Å². The van der Waals surface area contributed by atoms with Crippen molar-refractivity contribution in [2.75, 3.05) is 0 Å². The molecule has 6 aromatic rings. The first-order valence-electron chi connectivity index (χ1n) is 14.4. The highest BCUT2D eigenvalue weighted by molar-refractivity contribution is 14.1. The van der Waals surface area contributed by atoms with Gasteiger partial charge in [0.25, 0.3) is 0 Å². The number of nitriles is 2. The van der Waals surface area contributed by atoms with Crippen molar-refractivity contribution in [1.29, 1.82) is 10.5 Å². The lowest BCUT2D eigenvalue weighted by atomic mass is 10.1. The van der Waals surface area contributed by atoms with Gasteiger partial charge in [-0.3, -0.25) is 14.2 Å². The average Bonchev–Trinajstić information content (AvgIpc) is 3.91. The van der Waals surface area contributed by atoms with Gasteiger partial charge in [0, 0.05) is 38.1 Å². The van der Waals surface area contributed by atoms with Crippen LogP contribution >= 0.6 is 77.0 Å². The van der Waals surface area contributed by atoms with E-state index in [-0.39, 0.29) is 17.3 Å². The molecule has 0 fully saturated rings. The zero-order chi connectivity index (χ0) is 36.5. The minimum Gasteiger partial charge on any atom is -0.382 e. The molecular weight excluding hydrogens is 1010 g/mol. The summed E-state index contributed by atoms with van der Waals surface area (Å²) in [6.45, 7) is 5.32. The molecule has 0 saturated heterocycles. The third-order valence-electron chi connectivity index (χ3n) is 6.75. The molecule has 1 N–H and O–H groups in total. The van der Waals surface area contributed by atoms with Crippen LogP contribution < -0.4 is 0 Å². The lowest BCUT2D eigenvalue weighted by Gasteiger charge is -2.14. The minimum absolute atomic E-state index is 0.160. The van der Waals surface area contributed by atoms with Gasteiger partial charge in [-0.25, -0.2) is 18.1 Å². The van der Waals surface area contributed by atoms with Crippen LogP contribution in [0.25, 0.3) is 11.4 Å². The average molecular weight is 1030 g/mol. The molecule has 18 heteroatoms. The molecule has 50 heavy (non-hydrogen) atoms. The van der Waals surface area contributed by atoms with Crippen molar-refractivity contribution in [2.24, 2.45) is 0 Å². The van der Waals surface area contributed by atoms with E-state index >= 15 is 0 Å². The number of carbonyl (C=O) groups is 1. The molecule has 0 aliphatic carbocycles. The summed E-state index contributed by atoms with van der Waals surface area (Å²) in [5, 5.41) is 45.0. The second kappa shape index (κ2) is 17.9.